The molecule has 0 fully saturated rings. The number of thiol groups is 1. The first-order valence-electron chi connectivity index (χ1n) is 18.1. The summed E-state index contributed by atoms with van der Waals surface area (Å²) in [6.45, 7) is 4.47. The number of rotatable bonds is 12. The molecule has 0 aromatic heterocycles. The van der Waals surface area contributed by atoms with Crippen molar-refractivity contribution in [1.29, 1.82) is 0 Å². The fourth-order valence-corrected chi connectivity index (χ4v) is 5.86. The zero-order valence-corrected chi connectivity index (χ0v) is 32.0. The highest BCUT2D eigenvalue weighted by Gasteiger charge is 2.30. The minimum atomic E-state index is -1.10. The maximum absolute atomic E-state index is 11.9. The number of carbonyl (C=O) groups is 4. The van der Waals surface area contributed by atoms with Crippen LogP contribution in [0.5, 0.6) is 0 Å². The number of nitrogens with one attached hydrogen (secondary N) is 2. The predicted molar refractivity (Wildman–Crippen MR) is 220 cm³/mol. The van der Waals surface area contributed by atoms with Crippen LogP contribution >= 0.6 is 12.6 Å². The van der Waals surface area contributed by atoms with Gasteiger partial charge in [-0.3, -0.25) is 9.59 Å². The van der Waals surface area contributed by atoms with E-state index in [1.807, 2.05) is 74.5 Å². The lowest BCUT2D eigenvalue weighted by atomic mass is 9.98. The van der Waals surface area contributed by atoms with E-state index in [4.69, 9.17) is 29.5 Å². The van der Waals surface area contributed by atoms with Gasteiger partial charge >= 0.3 is 24.1 Å². The third kappa shape index (κ3) is 14.0. The number of aliphatic hydroxyl groups is 2. The number of hydrogen-bond acceptors (Lipinski definition) is 10. The van der Waals surface area contributed by atoms with Crippen molar-refractivity contribution in [3.05, 3.63) is 119 Å². The molecule has 56 heavy (non-hydrogen) atoms. The van der Waals surface area contributed by atoms with Crippen LogP contribution < -0.4 is 10.6 Å². The Morgan fingerprint density at radius 3 is 1.23 bits per heavy atom. The van der Waals surface area contributed by atoms with Crippen molar-refractivity contribution in [2.45, 2.75) is 46.0 Å². The van der Waals surface area contributed by atoms with Gasteiger partial charge < -0.3 is 40.2 Å². The molecule has 2 aliphatic carbocycles. The molecule has 0 heterocycles. The SMILES string of the molecule is C.CCCO.CCCOC(=O)CNC(=O)OCC1c2ccccc2-c2ccccc21.O=C(O)CNC(=O)OCC1c2ccccc2-c2ccccc21.OCCS. The summed E-state index contributed by atoms with van der Waals surface area (Å²) in [4.78, 5) is 45.2. The van der Waals surface area contributed by atoms with Crippen LogP contribution in [0.25, 0.3) is 22.3 Å². The summed E-state index contributed by atoms with van der Waals surface area (Å²) < 4.78 is 15.4. The van der Waals surface area contributed by atoms with E-state index >= 15 is 0 Å². The first-order chi connectivity index (χ1) is 26.7. The topological polar surface area (TPSA) is 181 Å². The normalized spacial score (nSPS) is 11.4. The summed E-state index contributed by atoms with van der Waals surface area (Å²) >= 11 is 3.67. The molecule has 0 aliphatic heterocycles. The van der Waals surface area contributed by atoms with E-state index in [1.165, 1.54) is 11.1 Å². The van der Waals surface area contributed by atoms with Crippen molar-refractivity contribution in [1.82, 2.24) is 10.6 Å². The molecule has 0 saturated carbocycles. The van der Waals surface area contributed by atoms with E-state index in [-0.39, 0.29) is 45.6 Å². The quantitative estimate of drug-likeness (QED) is 0.0496. The van der Waals surface area contributed by atoms with Crippen molar-refractivity contribution >= 4 is 36.8 Å². The highest BCUT2D eigenvalue weighted by Crippen LogP contribution is 2.45. The smallest absolute Gasteiger partial charge is 0.407 e. The summed E-state index contributed by atoms with van der Waals surface area (Å²) in [5.74, 6) is -1.02. The first-order valence-corrected chi connectivity index (χ1v) is 18.7. The van der Waals surface area contributed by atoms with E-state index < -0.39 is 30.7 Å². The number of carbonyl (C=O) groups excluding carboxylic acids is 3. The molecule has 2 amide bonds. The zero-order valence-electron chi connectivity index (χ0n) is 31.1. The number of benzene rings is 4. The van der Waals surface area contributed by atoms with Crippen LogP contribution in [0.4, 0.5) is 9.59 Å². The Labute approximate surface area is 334 Å². The highest BCUT2D eigenvalue weighted by atomic mass is 32.1. The molecule has 0 bridgehead atoms. The number of fused-ring (bicyclic) bond motifs is 6. The molecular formula is C43H54N2O10S. The number of hydrogen-bond donors (Lipinski definition) is 6. The standard InChI is InChI=1S/C20H21NO4.C17H15NO4.C3H8O.C2H6OS.CH4/c1-2-11-24-19(22)12-21-20(23)25-13-18-16-9-5-3-7-14(16)15-8-4-6-10-17(15)18;19-16(20)9-18-17(21)22-10-15-13-7-3-1-5-11(13)12-6-2-4-8-14(12)15;1-2-3-4;3-1-2-4;/h3-10,18H,2,11-13H2,1H3,(H,21,23);1-8,15H,9-10H2,(H,18,21)(H,19,20);4H,2-3H2,1H3;3-4H,1-2H2;1H4. The van der Waals surface area contributed by atoms with E-state index in [0.29, 0.717) is 19.0 Å². The van der Waals surface area contributed by atoms with Gasteiger partial charge in [0.2, 0.25) is 0 Å². The Morgan fingerprint density at radius 2 is 0.929 bits per heavy atom. The van der Waals surface area contributed by atoms with E-state index in [1.54, 1.807) is 0 Å². The molecule has 0 radical (unpaired) electrons. The van der Waals surface area contributed by atoms with E-state index in [2.05, 4.69) is 59.7 Å². The summed E-state index contributed by atoms with van der Waals surface area (Å²) in [5, 5.41) is 28.8. The van der Waals surface area contributed by atoms with Gasteiger partial charge in [0.1, 0.15) is 26.3 Å². The van der Waals surface area contributed by atoms with Gasteiger partial charge in [-0.15, -0.1) is 0 Å². The van der Waals surface area contributed by atoms with Crippen LogP contribution in [-0.2, 0) is 23.8 Å². The molecule has 0 spiro atoms. The third-order valence-corrected chi connectivity index (χ3v) is 8.44. The Balaban J connectivity index is 0.000000322. The molecule has 4 aromatic carbocycles. The summed E-state index contributed by atoms with van der Waals surface area (Å²) in [6.07, 6.45) is 0.288. The molecule has 0 unspecified atom stereocenters. The second-order valence-corrected chi connectivity index (χ2v) is 12.6. The monoisotopic (exact) mass is 790 g/mol. The summed E-state index contributed by atoms with van der Waals surface area (Å²) in [7, 11) is 0. The maximum Gasteiger partial charge on any atom is 0.407 e. The van der Waals surface area contributed by atoms with Crippen LogP contribution in [-0.4, -0.2) is 91.3 Å². The maximum atomic E-state index is 11.9. The van der Waals surface area contributed by atoms with Crippen molar-refractivity contribution in [3.63, 3.8) is 0 Å². The van der Waals surface area contributed by atoms with Gasteiger partial charge in [-0.2, -0.15) is 12.6 Å². The fraction of sp³-hybridized carbons (Fsp3) is 0.349. The van der Waals surface area contributed by atoms with Gasteiger partial charge in [0, 0.05) is 24.2 Å². The number of esters is 1. The molecule has 302 valence electrons. The van der Waals surface area contributed by atoms with Crippen molar-refractivity contribution < 1.29 is 48.7 Å². The average Bonchev–Trinajstić information content (AvgIpc) is 3.72. The van der Waals surface area contributed by atoms with Crippen molar-refractivity contribution in [3.8, 4) is 22.3 Å². The summed E-state index contributed by atoms with van der Waals surface area (Å²) in [6, 6.07) is 32.3. The number of carboxylic acid groups (broad SMARTS) is 1. The molecule has 5 N–H and O–H groups in total. The number of carboxylic acids is 1. The Kier molecular flexibility index (Phi) is 21.4. The lowest BCUT2D eigenvalue weighted by molar-refractivity contribution is -0.142. The second-order valence-electron chi connectivity index (χ2n) is 12.1. The Morgan fingerprint density at radius 1 is 0.589 bits per heavy atom. The second kappa shape index (κ2) is 25.7. The van der Waals surface area contributed by atoms with Crippen LogP contribution in [0, 0.1) is 0 Å². The molecule has 13 heteroatoms. The fourth-order valence-electron chi connectivity index (χ4n) is 5.86. The minimum absolute atomic E-state index is 0. The van der Waals surface area contributed by atoms with Crippen LogP contribution in [0.1, 0.15) is 68.2 Å². The summed E-state index contributed by atoms with van der Waals surface area (Å²) in [5.41, 5.74) is 9.20. The number of aliphatic carboxylic acids is 1. The Hall–Kier alpha value is -5.37. The van der Waals surface area contributed by atoms with Gasteiger partial charge in [-0.05, 0) is 57.3 Å². The first kappa shape index (κ1) is 46.8. The molecule has 0 saturated heterocycles. The highest BCUT2D eigenvalue weighted by molar-refractivity contribution is 7.80. The molecular weight excluding hydrogens is 737 g/mol. The van der Waals surface area contributed by atoms with Gasteiger partial charge in [-0.25, -0.2) is 9.59 Å². The Bertz CT molecular complexity index is 1740. The van der Waals surface area contributed by atoms with Gasteiger partial charge in [0.25, 0.3) is 0 Å². The largest absolute Gasteiger partial charge is 0.480 e. The molecule has 2 aliphatic rings. The number of aliphatic hydroxyl groups excluding tert-OH is 2. The van der Waals surface area contributed by atoms with E-state index in [9.17, 15) is 19.2 Å². The molecule has 12 nitrogen and oxygen atoms in total. The molecule has 4 aromatic rings. The minimum Gasteiger partial charge on any atom is -0.480 e. The van der Waals surface area contributed by atoms with Gasteiger partial charge in [0.15, 0.2) is 0 Å². The van der Waals surface area contributed by atoms with Crippen LogP contribution in [0.3, 0.4) is 0 Å². The van der Waals surface area contributed by atoms with Gasteiger partial charge in [0.05, 0.1) is 13.2 Å². The zero-order chi connectivity index (χ0) is 40.0. The lowest BCUT2D eigenvalue weighted by Crippen LogP contribution is -2.32. The lowest BCUT2D eigenvalue weighted by Gasteiger charge is -2.14. The average molecular weight is 791 g/mol. The molecule has 6 rings (SSSR count). The van der Waals surface area contributed by atoms with Crippen LogP contribution in [0.15, 0.2) is 97.1 Å². The number of alkyl carbamates (subject to hydrolysis) is 2. The number of ether oxygens (including phenoxy) is 3. The number of amides is 2. The van der Waals surface area contributed by atoms with Crippen molar-refractivity contribution in [2.75, 3.05) is 51.9 Å². The van der Waals surface area contributed by atoms with Gasteiger partial charge in [-0.1, -0.05) is 118 Å². The third-order valence-electron chi connectivity index (χ3n) is 8.24. The predicted octanol–water partition coefficient (Wildman–Crippen LogP) is 7.02. The van der Waals surface area contributed by atoms with E-state index in [0.717, 1.165) is 46.2 Å². The van der Waals surface area contributed by atoms with Crippen molar-refractivity contribution in [2.24, 2.45) is 0 Å². The molecule has 0 atom stereocenters. The van der Waals surface area contributed by atoms with Crippen LogP contribution in [0.2, 0.25) is 0 Å².